The molecule has 1 aromatic heterocycles. The second kappa shape index (κ2) is 9.47. The SMILES string of the molecule is COc1ccc(Cl)cc1C1Nc2ccccc2-c2nnc(SCc3ccc(Cl)cc3)nc2O1. The van der Waals surface area contributed by atoms with Gasteiger partial charge in [-0.05, 0) is 42.0 Å². The first-order chi connectivity index (χ1) is 16.1. The molecular weight excluding hydrogens is 479 g/mol. The lowest BCUT2D eigenvalue weighted by atomic mass is 10.1. The number of methoxy groups -OCH3 is 1. The van der Waals surface area contributed by atoms with Gasteiger partial charge >= 0.3 is 0 Å². The zero-order chi connectivity index (χ0) is 22.8. The fraction of sp³-hybridized carbons (Fsp3) is 0.125. The third kappa shape index (κ3) is 4.71. The minimum absolute atomic E-state index is 0.382. The zero-order valence-electron chi connectivity index (χ0n) is 17.5. The van der Waals surface area contributed by atoms with Crippen LogP contribution in [-0.4, -0.2) is 22.3 Å². The highest BCUT2D eigenvalue weighted by molar-refractivity contribution is 7.98. The third-order valence-corrected chi connectivity index (χ3v) is 6.48. The van der Waals surface area contributed by atoms with Gasteiger partial charge in [-0.3, -0.25) is 0 Å². The van der Waals surface area contributed by atoms with E-state index in [9.17, 15) is 0 Å². The number of benzene rings is 3. The van der Waals surface area contributed by atoms with E-state index < -0.39 is 6.23 Å². The first kappa shape index (κ1) is 21.8. The van der Waals surface area contributed by atoms with Gasteiger partial charge in [0, 0.05) is 27.0 Å². The summed E-state index contributed by atoms with van der Waals surface area (Å²) in [7, 11) is 1.61. The first-order valence-corrected chi connectivity index (χ1v) is 11.8. The van der Waals surface area contributed by atoms with Gasteiger partial charge in [0.25, 0.3) is 0 Å². The van der Waals surface area contributed by atoms with Gasteiger partial charge in [-0.25, -0.2) is 0 Å². The zero-order valence-corrected chi connectivity index (χ0v) is 19.8. The summed E-state index contributed by atoms with van der Waals surface area (Å²) in [5.41, 5.74) is 4.13. The number of fused-ring (bicyclic) bond motifs is 3. The molecule has 1 unspecified atom stereocenters. The average molecular weight is 497 g/mol. The number of para-hydroxylation sites is 1. The van der Waals surface area contributed by atoms with Gasteiger partial charge in [0.15, 0.2) is 5.69 Å². The topological polar surface area (TPSA) is 69.2 Å². The molecule has 0 aliphatic carbocycles. The monoisotopic (exact) mass is 496 g/mol. The Kier molecular flexibility index (Phi) is 6.26. The van der Waals surface area contributed by atoms with Crippen molar-refractivity contribution >= 4 is 40.7 Å². The maximum Gasteiger partial charge on any atom is 0.247 e. The Labute approximate surface area is 205 Å². The van der Waals surface area contributed by atoms with Gasteiger partial charge in [-0.15, -0.1) is 10.2 Å². The van der Waals surface area contributed by atoms with E-state index in [1.54, 1.807) is 13.2 Å². The quantitative estimate of drug-likeness (QED) is 0.310. The van der Waals surface area contributed by atoms with Crippen molar-refractivity contribution in [2.45, 2.75) is 17.1 Å². The number of thioether (sulfide) groups is 1. The number of aromatic nitrogens is 3. The molecule has 1 aliphatic heterocycles. The van der Waals surface area contributed by atoms with Crippen molar-refractivity contribution in [2.75, 3.05) is 12.4 Å². The van der Waals surface area contributed by atoms with Crippen molar-refractivity contribution in [3.63, 3.8) is 0 Å². The largest absolute Gasteiger partial charge is 0.496 e. The standard InChI is InChI=1S/C24H18Cl2N4O2S/c1-31-20-11-10-16(26)12-18(20)22-27-19-5-3-2-4-17(19)21-23(32-22)28-24(30-29-21)33-13-14-6-8-15(25)9-7-14/h2-12,22,27H,13H2,1H3. The normalized spacial score (nSPS) is 14.3. The highest BCUT2D eigenvalue weighted by Gasteiger charge is 2.28. The molecule has 6 nitrogen and oxygen atoms in total. The maximum absolute atomic E-state index is 6.34. The number of hydrogen-bond donors (Lipinski definition) is 1. The predicted molar refractivity (Wildman–Crippen MR) is 131 cm³/mol. The van der Waals surface area contributed by atoms with E-state index in [4.69, 9.17) is 32.7 Å². The van der Waals surface area contributed by atoms with E-state index in [1.165, 1.54) is 11.8 Å². The summed E-state index contributed by atoms with van der Waals surface area (Å²) >= 11 is 13.7. The number of nitrogens with one attached hydrogen (secondary N) is 1. The van der Waals surface area contributed by atoms with Crippen LogP contribution in [-0.2, 0) is 5.75 Å². The maximum atomic E-state index is 6.34. The molecule has 0 saturated carbocycles. The second-order valence-corrected chi connectivity index (χ2v) is 9.05. The van der Waals surface area contributed by atoms with E-state index in [0.717, 1.165) is 22.4 Å². The molecule has 0 spiro atoms. The lowest BCUT2D eigenvalue weighted by Crippen LogP contribution is -2.18. The van der Waals surface area contributed by atoms with Crippen LogP contribution in [0.15, 0.2) is 71.9 Å². The molecule has 1 aliphatic rings. The molecule has 33 heavy (non-hydrogen) atoms. The van der Waals surface area contributed by atoms with Crippen LogP contribution in [0.4, 0.5) is 5.69 Å². The van der Waals surface area contributed by atoms with Gasteiger partial charge in [-0.2, -0.15) is 4.98 Å². The van der Waals surface area contributed by atoms with Crippen LogP contribution < -0.4 is 14.8 Å². The number of anilines is 1. The van der Waals surface area contributed by atoms with E-state index in [-0.39, 0.29) is 0 Å². The number of halogens is 2. The molecule has 3 aromatic carbocycles. The molecule has 0 bridgehead atoms. The van der Waals surface area contributed by atoms with Crippen LogP contribution in [0, 0.1) is 0 Å². The van der Waals surface area contributed by atoms with E-state index >= 15 is 0 Å². The minimum Gasteiger partial charge on any atom is -0.496 e. The van der Waals surface area contributed by atoms with Gasteiger partial charge in [-0.1, -0.05) is 65.3 Å². The van der Waals surface area contributed by atoms with Gasteiger partial charge in [0.2, 0.25) is 17.3 Å². The average Bonchev–Trinajstić information content (AvgIpc) is 3.00. The summed E-state index contributed by atoms with van der Waals surface area (Å²) in [6, 6.07) is 20.9. The number of rotatable bonds is 5. The van der Waals surface area contributed by atoms with Crippen molar-refractivity contribution in [3.05, 3.63) is 87.9 Å². The number of ether oxygens (including phenoxy) is 2. The Morgan fingerprint density at radius 3 is 2.61 bits per heavy atom. The first-order valence-electron chi connectivity index (χ1n) is 10.1. The molecule has 0 amide bonds. The van der Waals surface area contributed by atoms with Crippen molar-refractivity contribution in [2.24, 2.45) is 0 Å². The molecule has 166 valence electrons. The lowest BCUT2D eigenvalue weighted by Gasteiger charge is -2.21. The Balaban J connectivity index is 1.51. The lowest BCUT2D eigenvalue weighted by molar-refractivity contribution is 0.220. The molecule has 1 N–H and O–H groups in total. The molecule has 0 fully saturated rings. The van der Waals surface area contributed by atoms with E-state index in [0.29, 0.717) is 38.3 Å². The fourth-order valence-corrected chi connectivity index (χ4v) is 4.53. The Morgan fingerprint density at radius 2 is 1.79 bits per heavy atom. The van der Waals surface area contributed by atoms with Crippen LogP contribution in [0.1, 0.15) is 17.4 Å². The summed E-state index contributed by atoms with van der Waals surface area (Å²) in [5, 5.41) is 14.0. The Bertz CT molecular complexity index is 1300. The third-order valence-electron chi connectivity index (χ3n) is 5.09. The van der Waals surface area contributed by atoms with Crippen molar-refractivity contribution in [1.29, 1.82) is 0 Å². The molecule has 4 aromatic rings. The van der Waals surface area contributed by atoms with Gasteiger partial charge in [0.05, 0.1) is 12.7 Å². The van der Waals surface area contributed by atoms with E-state index in [1.807, 2.05) is 60.7 Å². The fourth-order valence-electron chi connectivity index (χ4n) is 3.49. The molecule has 2 heterocycles. The summed E-state index contributed by atoms with van der Waals surface area (Å²) < 4.78 is 11.9. The van der Waals surface area contributed by atoms with Gasteiger partial charge < -0.3 is 14.8 Å². The van der Waals surface area contributed by atoms with Crippen LogP contribution >= 0.6 is 35.0 Å². The smallest absolute Gasteiger partial charge is 0.247 e. The molecule has 1 atom stereocenters. The van der Waals surface area contributed by atoms with Crippen molar-refractivity contribution < 1.29 is 9.47 Å². The number of hydrogen-bond acceptors (Lipinski definition) is 7. The van der Waals surface area contributed by atoms with Crippen LogP contribution in [0.25, 0.3) is 11.3 Å². The van der Waals surface area contributed by atoms with Crippen LogP contribution in [0.2, 0.25) is 10.0 Å². The highest BCUT2D eigenvalue weighted by atomic mass is 35.5. The summed E-state index contributed by atoms with van der Waals surface area (Å²) in [6.45, 7) is 0. The molecule has 5 rings (SSSR count). The van der Waals surface area contributed by atoms with Crippen LogP contribution in [0.5, 0.6) is 11.6 Å². The van der Waals surface area contributed by atoms with Crippen LogP contribution in [0.3, 0.4) is 0 Å². The van der Waals surface area contributed by atoms with Gasteiger partial charge in [0.1, 0.15) is 5.75 Å². The molecular formula is C24H18Cl2N4O2S. The number of nitrogens with zero attached hydrogens (tertiary/aromatic N) is 3. The molecule has 9 heteroatoms. The molecule has 0 saturated heterocycles. The highest BCUT2D eigenvalue weighted by Crippen LogP contribution is 2.41. The Hall–Kier alpha value is -3.00. The van der Waals surface area contributed by atoms with Crippen molar-refractivity contribution in [1.82, 2.24) is 15.2 Å². The second-order valence-electron chi connectivity index (χ2n) is 7.24. The Morgan fingerprint density at radius 1 is 1.00 bits per heavy atom. The molecule has 0 radical (unpaired) electrons. The van der Waals surface area contributed by atoms with E-state index in [2.05, 4.69) is 20.5 Å². The summed E-state index contributed by atoms with van der Waals surface area (Å²) in [4.78, 5) is 4.69. The predicted octanol–water partition coefficient (Wildman–Crippen LogP) is 6.65. The summed E-state index contributed by atoms with van der Waals surface area (Å²) in [6.07, 6.45) is -0.591. The minimum atomic E-state index is -0.591. The summed E-state index contributed by atoms with van der Waals surface area (Å²) in [5.74, 6) is 1.71. The van der Waals surface area contributed by atoms with Crippen molar-refractivity contribution in [3.8, 4) is 22.9 Å².